The Morgan fingerprint density at radius 2 is 1.91 bits per heavy atom. The van der Waals surface area contributed by atoms with Crippen molar-refractivity contribution in [3.63, 3.8) is 0 Å². The average Bonchev–Trinajstić information content (AvgIpc) is 3.38. The first kappa shape index (κ1) is 31.4. The molecule has 0 spiro atoms. The minimum Gasteiger partial charge on any atom is -0.495 e. The molecule has 15 heteroatoms. The molecule has 2 amide bonds. The first-order chi connectivity index (χ1) is 20.4. The van der Waals surface area contributed by atoms with Gasteiger partial charge in [-0.15, -0.1) is 0 Å². The van der Waals surface area contributed by atoms with Gasteiger partial charge in [0.1, 0.15) is 17.0 Å². The average molecular weight is 674 g/mol. The molecular weight excluding hydrogens is 649 g/mol. The van der Waals surface area contributed by atoms with Crippen LogP contribution in [0.25, 0.3) is 0 Å². The molecule has 0 bridgehead atoms. The normalized spacial score (nSPS) is 15.0. The van der Waals surface area contributed by atoms with Crippen molar-refractivity contribution in [2.75, 3.05) is 32.2 Å². The first-order valence-electron chi connectivity index (χ1n) is 13.0. The number of ether oxygens (including phenoxy) is 2. The Bertz CT molecular complexity index is 1670. The van der Waals surface area contributed by atoms with E-state index in [1.54, 1.807) is 31.3 Å². The van der Waals surface area contributed by atoms with Crippen molar-refractivity contribution < 1.29 is 27.8 Å². The van der Waals surface area contributed by atoms with Gasteiger partial charge >= 0.3 is 11.5 Å². The van der Waals surface area contributed by atoms with Crippen LogP contribution in [-0.4, -0.2) is 49.2 Å². The molecule has 228 valence electrons. The number of pyridine rings is 1. The van der Waals surface area contributed by atoms with Crippen molar-refractivity contribution in [3.8, 4) is 5.75 Å². The molecule has 2 aliphatic rings. The van der Waals surface area contributed by atoms with Crippen molar-refractivity contribution in [2.24, 2.45) is 0 Å². The van der Waals surface area contributed by atoms with Crippen LogP contribution in [0.2, 0.25) is 10.0 Å². The molecule has 2 aromatic carbocycles. The third-order valence-electron chi connectivity index (χ3n) is 7.00. The highest BCUT2D eigenvalue weighted by Gasteiger charge is 2.35. The van der Waals surface area contributed by atoms with E-state index < -0.39 is 28.6 Å². The first-order valence-corrected chi connectivity index (χ1v) is 14.9. The van der Waals surface area contributed by atoms with Crippen molar-refractivity contribution in [1.29, 1.82) is 0 Å². The molecular formula is C28H25Cl3F2N4O5S. The van der Waals surface area contributed by atoms with Gasteiger partial charge in [0.15, 0.2) is 0 Å². The predicted molar refractivity (Wildman–Crippen MR) is 160 cm³/mol. The van der Waals surface area contributed by atoms with Crippen LogP contribution in [-0.2, 0) is 29.8 Å². The number of halogens is 5. The van der Waals surface area contributed by atoms with Gasteiger partial charge in [0.05, 0.1) is 29.4 Å². The van der Waals surface area contributed by atoms with Gasteiger partial charge in [-0.3, -0.25) is 14.5 Å². The van der Waals surface area contributed by atoms with E-state index >= 15 is 0 Å². The molecule has 3 heterocycles. The number of aromatic amines is 1. The summed E-state index contributed by atoms with van der Waals surface area (Å²) in [5, 5.41) is -0.485. The number of carbonyl (C=O) groups excluding carboxylic acids is 2. The molecule has 1 aromatic heterocycles. The lowest BCUT2D eigenvalue weighted by Gasteiger charge is -2.28. The number of amides is 2. The summed E-state index contributed by atoms with van der Waals surface area (Å²) in [6, 6.07) is 7.73. The highest BCUT2D eigenvalue weighted by Crippen LogP contribution is 2.43. The van der Waals surface area contributed by atoms with Crippen molar-refractivity contribution in [1.82, 2.24) is 15.2 Å². The van der Waals surface area contributed by atoms with Crippen LogP contribution in [0.15, 0.2) is 44.9 Å². The molecule has 2 N–H and O–H groups in total. The Morgan fingerprint density at radius 3 is 2.56 bits per heavy atom. The van der Waals surface area contributed by atoms with Crippen LogP contribution < -0.4 is 20.5 Å². The smallest absolute Gasteiger partial charge is 0.414 e. The van der Waals surface area contributed by atoms with Crippen molar-refractivity contribution in [2.45, 2.75) is 41.2 Å². The molecule has 0 radical (unpaired) electrons. The van der Waals surface area contributed by atoms with Gasteiger partial charge in [0.25, 0.3) is 11.5 Å². The highest BCUT2D eigenvalue weighted by atomic mass is 35.5. The fraction of sp³-hybridized carbons (Fsp3) is 0.321. The fourth-order valence-electron chi connectivity index (χ4n) is 4.94. The van der Waals surface area contributed by atoms with Crippen LogP contribution in [0.5, 0.6) is 5.75 Å². The number of rotatable bonds is 8. The summed E-state index contributed by atoms with van der Waals surface area (Å²) in [5.74, 6) is -0.290. The van der Waals surface area contributed by atoms with Gasteiger partial charge in [-0.1, -0.05) is 41.0 Å². The number of nitrogens with one attached hydrogen (secondary N) is 2. The van der Waals surface area contributed by atoms with Gasteiger partial charge < -0.3 is 24.7 Å². The summed E-state index contributed by atoms with van der Waals surface area (Å²) in [5.41, 5.74) is 0.324. The molecule has 0 unspecified atom stereocenters. The molecule has 3 aromatic rings. The summed E-state index contributed by atoms with van der Waals surface area (Å²) in [4.78, 5) is 44.7. The molecule has 1 fully saturated rings. The van der Waals surface area contributed by atoms with E-state index in [4.69, 9.17) is 44.3 Å². The molecule has 43 heavy (non-hydrogen) atoms. The number of alkyl halides is 3. The van der Waals surface area contributed by atoms with Gasteiger partial charge in [0.2, 0.25) is 0 Å². The Kier molecular flexibility index (Phi) is 9.15. The Labute approximate surface area is 264 Å². The second kappa shape index (κ2) is 12.5. The zero-order valence-corrected chi connectivity index (χ0v) is 25.9. The Morgan fingerprint density at radius 1 is 1.19 bits per heavy atom. The summed E-state index contributed by atoms with van der Waals surface area (Å²) in [7, 11) is 3.20. The fourth-order valence-corrected chi connectivity index (χ4v) is 6.77. The summed E-state index contributed by atoms with van der Waals surface area (Å²) >= 11 is 19.1. The van der Waals surface area contributed by atoms with Gasteiger partial charge in [-0.2, -0.15) is 8.78 Å². The molecule has 0 atom stereocenters. The molecule has 0 aliphatic carbocycles. The van der Waals surface area contributed by atoms with E-state index in [2.05, 4.69) is 10.3 Å². The summed E-state index contributed by atoms with van der Waals surface area (Å²) < 4.78 is 39.0. The second-order valence-electron chi connectivity index (χ2n) is 9.80. The number of nitrogens with zero attached hydrogens (tertiary/aromatic N) is 2. The zero-order chi connectivity index (χ0) is 31.1. The van der Waals surface area contributed by atoms with Gasteiger partial charge in [0, 0.05) is 36.0 Å². The molecule has 5 rings (SSSR count). The van der Waals surface area contributed by atoms with E-state index in [0.717, 1.165) is 29.0 Å². The maximum atomic E-state index is 14.2. The van der Waals surface area contributed by atoms with Crippen LogP contribution in [0.4, 0.5) is 19.3 Å². The number of cyclic esters (lactones) is 1. The highest BCUT2D eigenvalue weighted by molar-refractivity contribution is 7.99. The van der Waals surface area contributed by atoms with E-state index in [9.17, 15) is 23.2 Å². The van der Waals surface area contributed by atoms with Crippen LogP contribution >= 0.6 is 46.6 Å². The summed E-state index contributed by atoms with van der Waals surface area (Å²) in [6.45, 7) is 1.34. The minimum absolute atomic E-state index is 0.0875. The van der Waals surface area contributed by atoms with E-state index in [0.29, 0.717) is 43.1 Å². The number of anilines is 1. The maximum Gasteiger partial charge on any atom is 0.414 e. The number of hydrogen-bond acceptors (Lipinski definition) is 7. The number of benzene rings is 2. The topological polar surface area (TPSA) is 104 Å². The Hall–Kier alpha value is -3.03. The van der Waals surface area contributed by atoms with Gasteiger partial charge in [-0.25, -0.2) is 4.79 Å². The monoisotopic (exact) mass is 672 g/mol. The number of fused-ring (bicyclic) bond motifs is 1. The van der Waals surface area contributed by atoms with E-state index in [1.165, 1.54) is 16.9 Å². The molecule has 2 aliphatic heterocycles. The van der Waals surface area contributed by atoms with Crippen LogP contribution in [0.1, 0.15) is 39.2 Å². The molecule has 1 saturated heterocycles. The number of carbonyl (C=O) groups is 2. The number of methoxy groups -OCH3 is 1. The number of hydrogen-bond donors (Lipinski definition) is 2. The lowest BCUT2D eigenvalue weighted by atomic mass is 10.1. The zero-order valence-electron chi connectivity index (χ0n) is 22.9. The number of H-pyrrole nitrogens is 1. The third-order valence-corrected chi connectivity index (χ3v) is 9.34. The minimum atomic E-state index is -3.91. The molecule has 0 saturated carbocycles. The lowest BCUT2D eigenvalue weighted by molar-refractivity contribution is 0.0740. The SMILES string of the molecule is CNCc1ccc(Cl)c(Sc2cc(C(F)(F)Cl)[nH]c(=O)c2C(=O)N2Cc3cc(OC)c(N4CCCOC4=O)cc3C2)c1Cl. The molecule has 9 nitrogen and oxygen atoms in total. The maximum absolute atomic E-state index is 14.2. The lowest BCUT2D eigenvalue weighted by Crippen LogP contribution is -2.38. The largest absolute Gasteiger partial charge is 0.495 e. The number of aromatic nitrogens is 1. The third kappa shape index (κ3) is 6.30. The van der Waals surface area contributed by atoms with Crippen LogP contribution in [0, 0.1) is 0 Å². The van der Waals surface area contributed by atoms with Crippen LogP contribution in [0.3, 0.4) is 0 Å². The standard InChI is InChI=1S/C28H25Cl3F2N4O5S/c1-34-11-14-4-5-17(29)24(23(14)30)43-20-10-21(28(31,32)33)35-25(38)22(20)26(39)36-12-15-8-18(19(41-2)9-16(15)13-36)37-6-3-7-42-27(37)40/h4-5,8-10,34H,3,6-7,11-13H2,1-2H3,(H,35,38). The quantitative estimate of drug-likeness (QED) is 0.269. The predicted octanol–water partition coefficient (Wildman–Crippen LogP) is 6.35. The van der Waals surface area contributed by atoms with E-state index in [-0.39, 0.29) is 38.5 Å². The summed E-state index contributed by atoms with van der Waals surface area (Å²) in [6.07, 6.45) is 0.138. The van der Waals surface area contributed by atoms with Gasteiger partial charge in [-0.05, 0) is 66.0 Å². The van der Waals surface area contributed by atoms with Crippen molar-refractivity contribution in [3.05, 3.63) is 78.7 Å². The van der Waals surface area contributed by atoms with Crippen molar-refractivity contribution >= 4 is 64.3 Å². The van der Waals surface area contributed by atoms with E-state index in [1.807, 2.05) is 0 Å². The Balaban J connectivity index is 1.53. The second-order valence-corrected chi connectivity index (χ2v) is 12.1.